The van der Waals surface area contributed by atoms with Gasteiger partial charge >= 0.3 is 0 Å². The lowest BCUT2D eigenvalue weighted by Crippen LogP contribution is -2.11. The molecule has 0 atom stereocenters. The second-order valence-electron chi connectivity index (χ2n) is 5.42. The monoisotopic (exact) mass is 333 g/mol. The molecule has 0 radical (unpaired) electrons. The quantitative estimate of drug-likeness (QED) is 0.841. The predicted octanol–water partition coefficient (Wildman–Crippen LogP) is 4.59. The van der Waals surface area contributed by atoms with Crippen LogP contribution >= 0.6 is 11.3 Å². The Hall–Kier alpha value is -2.01. The Morgan fingerprint density at radius 1 is 1.13 bits per heavy atom. The molecule has 0 aliphatic rings. The molecule has 1 aromatic carbocycles. The summed E-state index contributed by atoms with van der Waals surface area (Å²) in [7, 11) is 3.18. The van der Waals surface area contributed by atoms with Crippen molar-refractivity contribution in [3.8, 4) is 11.5 Å². The Morgan fingerprint density at radius 3 is 2.39 bits per heavy atom. The van der Waals surface area contributed by atoms with Gasteiger partial charge in [-0.05, 0) is 43.5 Å². The Bertz CT molecular complexity index is 707. The summed E-state index contributed by atoms with van der Waals surface area (Å²) in [5.74, 6) is 1.17. The number of benzene rings is 1. The number of carbonyl (C=O) groups excluding carboxylic acids is 1. The summed E-state index contributed by atoms with van der Waals surface area (Å²) in [6.45, 7) is 6.14. The zero-order valence-electron chi connectivity index (χ0n) is 14.3. The summed E-state index contributed by atoms with van der Waals surface area (Å²) in [6.07, 6.45) is 2.08. The van der Waals surface area contributed by atoms with Gasteiger partial charge in [0.15, 0.2) is 11.5 Å². The van der Waals surface area contributed by atoms with Gasteiger partial charge in [0.05, 0.1) is 19.1 Å². The number of thiophene rings is 1. The Kier molecular flexibility index (Phi) is 5.66. The minimum Gasteiger partial charge on any atom is -0.493 e. The first-order chi connectivity index (χ1) is 11.0. The second-order valence-corrected chi connectivity index (χ2v) is 6.67. The SMILES string of the molecule is CCCc1cc(C(=O)Nc2cc(OC)c(OC)cc2C)sc1C. The van der Waals surface area contributed by atoms with E-state index in [2.05, 4.69) is 19.2 Å². The number of aryl methyl sites for hydroxylation is 3. The molecule has 23 heavy (non-hydrogen) atoms. The van der Waals surface area contributed by atoms with Crippen molar-refractivity contribution in [2.45, 2.75) is 33.6 Å². The lowest BCUT2D eigenvalue weighted by Gasteiger charge is -2.13. The van der Waals surface area contributed by atoms with Crippen LogP contribution in [0.25, 0.3) is 0 Å². The molecule has 1 N–H and O–H groups in total. The number of hydrogen-bond acceptors (Lipinski definition) is 4. The summed E-state index contributed by atoms with van der Waals surface area (Å²) in [6, 6.07) is 5.64. The van der Waals surface area contributed by atoms with Crippen molar-refractivity contribution < 1.29 is 14.3 Å². The third-order valence-electron chi connectivity index (χ3n) is 3.74. The topological polar surface area (TPSA) is 47.6 Å². The van der Waals surface area contributed by atoms with Crippen molar-refractivity contribution in [1.82, 2.24) is 0 Å². The van der Waals surface area contributed by atoms with Crippen LogP contribution in [0.5, 0.6) is 11.5 Å². The highest BCUT2D eigenvalue weighted by Crippen LogP contribution is 2.33. The summed E-state index contributed by atoms with van der Waals surface area (Å²) in [5.41, 5.74) is 2.92. The lowest BCUT2D eigenvalue weighted by atomic mass is 10.1. The molecular weight excluding hydrogens is 310 g/mol. The molecule has 0 bridgehead atoms. The maximum absolute atomic E-state index is 12.5. The van der Waals surface area contributed by atoms with Crippen molar-refractivity contribution in [3.05, 3.63) is 39.1 Å². The smallest absolute Gasteiger partial charge is 0.265 e. The van der Waals surface area contributed by atoms with Crippen LogP contribution in [0, 0.1) is 13.8 Å². The first-order valence-corrected chi connectivity index (χ1v) is 8.45. The fourth-order valence-corrected chi connectivity index (χ4v) is 3.42. The van der Waals surface area contributed by atoms with Crippen LogP contribution in [0.3, 0.4) is 0 Å². The first-order valence-electron chi connectivity index (χ1n) is 7.63. The van der Waals surface area contributed by atoms with Crippen LogP contribution in [-0.4, -0.2) is 20.1 Å². The third-order valence-corrected chi connectivity index (χ3v) is 4.83. The molecule has 124 valence electrons. The van der Waals surface area contributed by atoms with Crippen LogP contribution in [0.15, 0.2) is 18.2 Å². The fraction of sp³-hybridized carbons (Fsp3) is 0.389. The van der Waals surface area contributed by atoms with E-state index >= 15 is 0 Å². The predicted molar refractivity (Wildman–Crippen MR) is 95.3 cm³/mol. The molecule has 0 unspecified atom stereocenters. The maximum atomic E-state index is 12.5. The minimum atomic E-state index is -0.0872. The van der Waals surface area contributed by atoms with Crippen LogP contribution in [0.1, 0.15) is 39.0 Å². The van der Waals surface area contributed by atoms with Crippen LogP contribution in [-0.2, 0) is 6.42 Å². The number of rotatable bonds is 6. The molecule has 0 spiro atoms. The summed E-state index contributed by atoms with van der Waals surface area (Å²) in [5, 5.41) is 2.97. The number of amides is 1. The van der Waals surface area contributed by atoms with E-state index in [4.69, 9.17) is 9.47 Å². The van der Waals surface area contributed by atoms with Crippen LogP contribution in [0.2, 0.25) is 0 Å². The van der Waals surface area contributed by atoms with Crippen molar-refractivity contribution in [2.24, 2.45) is 0 Å². The van der Waals surface area contributed by atoms with E-state index in [1.807, 2.05) is 19.1 Å². The van der Waals surface area contributed by atoms with Gasteiger partial charge in [-0.1, -0.05) is 13.3 Å². The average Bonchev–Trinajstić information content (AvgIpc) is 2.90. The fourth-order valence-electron chi connectivity index (χ4n) is 2.45. The largest absolute Gasteiger partial charge is 0.493 e. The van der Waals surface area contributed by atoms with Crippen molar-refractivity contribution in [3.63, 3.8) is 0 Å². The highest BCUT2D eigenvalue weighted by Gasteiger charge is 2.15. The van der Waals surface area contributed by atoms with Gasteiger partial charge in [-0.3, -0.25) is 4.79 Å². The molecule has 0 saturated heterocycles. The normalized spacial score (nSPS) is 10.5. The third kappa shape index (κ3) is 3.85. The molecule has 5 heteroatoms. The Balaban J connectivity index is 2.24. The lowest BCUT2D eigenvalue weighted by molar-refractivity contribution is 0.103. The van der Waals surface area contributed by atoms with Gasteiger partial charge in [0.25, 0.3) is 5.91 Å². The number of carbonyl (C=O) groups is 1. The van der Waals surface area contributed by atoms with E-state index in [-0.39, 0.29) is 5.91 Å². The van der Waals surface area contributed by atoms with Gasteiger partial charge in [0.1, 0.15) is 0 Å². The molecule has 2 aromatic rings. The highest BCUT2D eigenvalue weighted by molar-refractivity contribution is 7.14. The number of anilines is 1. The number of nitrogens with one attached hydrogen (secondary N) is 1. The van der Waals surface area contributed by atoms with Gasteiger partial charge in [-0.15, -0.1) is 11.3 Å². The van der Waals surface area contributed by atoms with Crippen molar-refractivity contribution in [2.75, 3.05) is 19.5 Å². The van der Waals surface area contributed by atoms with Crippen molar-refractivity contribution >= 4 is 22.9 Å². The highest BCUT2D eigenvalue weighted by atomic mass is 32.1. The summed E-state index contributed by atoms with van der Waals surface area (Å²) in [4.78, 5) is 14.5. The number of ether oxygens (including phenoxy) is 2. The van der Waals surface area contributed by atoms with Gasteiger partial charge in [-0.2, -0.15) is 0 Å². The molecule has 0 saturated carbocycles. The maximum Gasteiger partial charge on any atom is 0.265 e. The van der Waals surface area contributed by atoms with E-state index in [9.17, 15) is 4.79 Å². The first kappa shape index (κ1) is 17.3. The molecular formula is C18H23NO3S. The van der Waals surface area contributed by atoms with Crippen LogP contribution < -0.4 is 14.8 Å². The van der Waals surface area contributed by atoms with Gasteiger partial charge in [0.2, 0.25) is 0 Å². The van der Waals surface area contributed by atoms with Gasteiger partial charge in [0, 0.05) is 16.6 Å². The van der Waals surface area contributed by atoms with E-state index in [0.29, 0.717) is 11.5 Å². The zero-order valence-corrected chi connectivity index (χ0v) is 15.1. The molecule has 0 aliphatic carbocycles. The number of methoxy groups -OCH3 is 2. The molecule has 1 heterocycles. The number of hydrogen-bond donors (Lipinski definition) is 1. The van der Waals surface area contributed by atoms with Crippen LogP contribution in [0.4, 0.5) is 5.69 Å². The van der Waals surface area contributed by atoms with E-state index in [0.717, 1.165) is 29.0 Å². The molecule has 1 aromatic heterocycles. The van der Waals surface area contributed by atoms with E-state index in [1.54, 1.807) is 20.3 Å². The standard InChI is InChI=1S/C18H23NO3S/c1-6-7-13-9-17(23-12(13)3)18(20)19-14-10-16(22-5)15(21-4)8-11(14)2/h8-10H,6-7H2,1-5H3,(H,19,20). The summed E-state index contributed by atoms with van der Waals surface area (Å²) < 4.78 is 10.6. The molecule has 0 aliphatic heterocycles. The Morgan fingerprint density at radius 2 is 1.78 bits per heavy atom. The van der Waals surface area contributed by atoms with Crippen molar-refractivity contribution in [1.29, 1.82) is 0 Å². The minimum absolute atomic E-state index is 0.0872. The molecule has 2 rings (SSSR count). The van der Waals surface area contributed by atoms with Gasteiger partial charge < -0.3 is 14.8 Å². The molecule has 4 nitrogen and oxygen atoms in total. The van der Waals surface area contributed by atoms with E-state index < -0.39 is 0 Å². The summed E-state index contributed by atoms with van der Waals surface area (Å²) >= 11 is 1.54. The van der Waals surface area contributed by atoms with Gasteiger partial charge in [-0.25, -0.2) is 0 Å². The zero-order chi connectivity index (χ0) is 17.0. The van der Waals surface area contributed by atoms with E-state index in [1.165, 1.54) is 21.8 Å². The Labute approximate surface area is 141 Å². The second kappa shape index (κ2) is 7.51. The molecule has 1 amide bonds. The molecule has 0 fully saturated rings. The average molecular weight is 333 g/mol.